The van der Waals surface area contributed by atoms with E-state index in [1.165, 1.54) is 18.0 Å². The van der Waals surface area contributed by atoms with Gasteiger partial charge in [0.1, 0.15) is 5.82 Å². The molecule has 6 heteroatoms. The summed E-state index contributed by atoms with van der Waals surface area (Å²) in [6, 6.07) is 4.43. The summed E-state index contributed by atoms with van der Waals surface area (Å²) in [7, 11) is 1.53. The average Bonchev–Trinajstić information content (AvgIpc) is 2.28. The van der Waals surface area contributed by atoms with Gasteiger partial charge >= 0.3 is 6.18 Å². The maximum atomic E-state index is 13.5. The van der Waals surface area contributed by atoms with Crippen LogP contribution < -0.4 is 5.73 Å². The average molecular weight is 264 g/mol. The van der Waals surface area contributed by atoms with Gasteiger partial charge in [-0.2, -0.15) is 13.2 Å². The number of halogens is 4. The molecule has 18 heavy (non-hydrogen) atoms. The van der Waals surface area contributed by atoms with E-state index in [2.05, 4.69) is 0 Å². The SMILES string of the molecule is CN(CCC(F)(F)F)Cc1cc(CN)ccc1F. The third-order valence-corrected chi connectivity index (χ3v) is 2.56. The van der Waals surface area contributed by atoms with Crippen LogP contribution in [-0.4, -0.2) is 24.7 Å². The second kappa shape index (κ2) is 6.15. The number of benzene rings is 1. The van der Waals surface area contributed by atoms with Crippen molar-refractivity contribution in [1.29, 1.82) is 0 Å². The second-order valence-corrected chi connectivity index (χ2v) is 4.23. The standard InChI is InChI=1S/C12H16F4N2/c1-18(5-4-12(14,15)16)8-10-6-9(7-17)2-3-11(10)13/h2-3,6H,4-5,7-8,17H2,1H3. The molecule has 0 fully saturated rings. The number of rotatable bonds is 5. The van der Waals surface area contributed by atoms with Crippen LogP contribution in [0.5, 0.6) is 0 Å². The number of nitrogens with zero attached hydrogens (tertiary/aromatic N) is 1. The van der Waals surface area contributed by atoms with Crippen LogP contribution in [0.3, 0.4) is 0 Å². The van der Waals surface area contributed by atoms with Crippen molar-refractivity contribution in [2.75, 3.05) is 13.6 Å². The zero-order chi connectivity index (χ0) is 13.8. The van der Waals surface area contributed by atoms with Crippen LogP contribution in [0.2, 0.25) is 0 Å². The quantitative estimate of drug-likeness (QED) is 0.828. The Kier molecular flexibility index (Phi) is 5.10. The first-order valence-electron chi connectivity index (χ1n) is 5.54. The van der Waals surface area contributed by atoms with Gasteiger partial charge in [0.15, 0.2) is 0 Å². The van der Waals surface area contributed by atoms with E-state index in [0.29, 0.717) is 5.56 Å². The molecule has 0 bridgehead atoms. The summed E-state index contributed by atoms with van der Waals surface area (Å²) in [5.41, 5.74) is 6.55. The molecule has 1 rings (SSSR count). The fourth-order valence-corrected chi connectivity index (χ4v) is 1.56. The Morgan fingerprint density at radius 3 is 2.50 bits per heavy atom. The van der Waals surface area contributed by atoms with Gasteiger partial charge in [-0.25, -0.2) is 4.39 Å². The Morgan fingerprint density at radius 1 is 1.28 bits per heavy atom. The highest BCUT2D eigenvalue weighted by Crippen LogP contribution is 2.20. The molecular formula is C12H16F4N2. The van der Waals surface area contributed by atoms with E-state index in [1.54, 1.807) is 12.1 Å². The molecule has 0 saturated carbocycles. The van der Waals surface area contributed by atoms with Crippen LogP contribution in [0.1, 0.15) is 17.5 Å². The Bertz CT molecular complexity index is 390. The molecule has 1 aromatic carbocycles. The summed E-state index contributed by atoms with van der Waals surface area (Å²) in [4.78, 5) is 1.44. The minimum Gasteiger partial charge on any atom is -0.326 e. The van der Waals surface area contributed by atoms with Gasteiger partial charge in [0.25, 0.3) is 0 Å². The predicted molar refractivity (Wildman–Crippen MR) is 61.3 cm³/mol. The van der Waals surface area contributed by atoms with Gasteiger partial charge in [-0.1, -0.05) is 12.1 Å². The Morgan fingerprint density at radius 2 is 1.94 bits per heavy atom. The monoisotopic (exact) mass is 264 g/mol. The first kappa shape index (κ1) is 14.9. The topological polar surface area (TPSA) is 29.3 Å². The second-order valence-electron chi connectivity index (χ2n) is 4.23. The van der Waals surface area contributed by atoms with Crippen molar-refractivity contribution < 1.29 is 17.6 Å². The molecule has 0 atom stereocenters. The van der Waals surface area contributed by atoms with Crippen LogP contribution in [0.15, 0.2) is 18.2 Å². The van der Waals surface area contributed by atoms with E-state index in [0.717, 1.165) is 5.56 Å². The lowest BCUT2D eigenvalue weighted by Crippen LogP contribution is -2.24. The zero-order valence-electron chi connectivity index (χ0n) is 10.1. The molecule has 0 heterocycles. The Balaban J connectivity index is 2.61. The van der Waals surface area contributed by atoms with Crippen molar-refractivity contribution >= 4 is 0 Å². The lowest BCUT2D eigenvalue weighted by molar-refractivity contribution is -0.137. The predicted octanol–water partition coefficient (Wildman–Crippen LogP) is 2.67. The number of alkyl halides is 3. The van der Waals surface area contributed by atoms with Gasteiger partial charge < -0.3 is 10.6 Å². The van der Waals surface area contributed by atoms with E-state index in [1.807, 2.05) is 0 Å². The summed E-state index contributed by atoms with van der Waals surface area (Å²) >= 11 is 0. The van der Waals surface area contributed by atoms with Crippen molar-refractivity contribution in [3.05, 3.63) is 35.1 Å². The van der Waals surface area contributed by atoms with Gasteiger partial charge in [0.2, 0.25) is 0 Å². The van der Waals surface area contributed by atoms with Crippen LogP contribution >= 0.6 is 0 Å². The molecule has 0 unspecified atom stereocenters. The van der Waals surface area contributed by atoms with E-state index in [9.17, 15) is 17.6 Å². The lowest BCUT2D eigenvalue weighted by Gasteiger charge is -2.18. The molecule has 102 valence electrons. The molecule has 0 spiro atoms. The van der Waals surface area contributed by atoms with Gasteiger partial charge in [-0.15, -0.1) is 0 Å². The van der Waals surface area contributed by atoms with E-state index in [-0.39, 0.29) is 19.6 Å². The van der Waals surface area contributed by atoms with Gasteiger partial charge in [0, 0.05) is 25.2 Å². The van der Waals surface area contributed by atoms with E-state index in [4.69, 9.17) is 5.73 Å². The van der Waals surface area contributed by atoms with Gasteiger partial charge in [-0.3, -0.25) is 0 Å². The molecule has 0 aliphatic rings. The zero-order valence-corrected chi connectivity index (χ0v) is 10.1. The first-order valence-corrected chi connectivity index (χ1v) is 5.54. The normalized spacial score (nSPS) is 12.2. The molecule has 0 radical (unpaired) electrons. The largest absolute Gasteiger partial charge is 0.390 e. The molecule has 0 aromatic heterocycles. The van der Waals surface area contributed by atoms with Crippen molar-refractivity contribution in [1.82, 2.24) is 4.90 Å². The van der Waals surface area contributed by atoms with Crippen molar-refractivity contribution in [2.24, 2.45) is 5.73 Å². The summed E-state index contributed by atoms with van der Waals surface area (Å²) in [5, 5.41) is 0. The highest BCUT2D eigenvalue weighted by molar-refractivity contribution is 5.24. The maximum absolute atomic E-state index is 13.5. The van der Waals surface area contributed by atoms with Gasteiger partial charge in [0.05, 0.1) is 6.42 Å². The molecular weight excluding hydrogens is 248 g/mol. The molecule has 1 aromatic rings. The summed E-state index contributed by atoms with van der Waals surface area (Å²) in [5.74, 6) is -0.425. The third-order valence-electron chi connectivity index (χ3n) is 2.56. The van der Waals surface area contributed by atoms with Crippen LogP contribution in [0.4, 0.5) is 17.6 Å². The molecule has 0 aliphatic carbocycles. The summed E-state index contributed by atoms with van der Waals surface area (Å²) < 4.78 is 49.6. The molecule has 0 amide bonds. The van der Waals surface area contributed by atoms with E-state index < -0.39 is 18.4 Å². The highest BCUT2D eigenvalue weighted by Gasteiger charge is 2.27. The fraction of sp³-hybridized carbons (Fsp3) is 0.500. The molecule has 0 saturated heterocycles. The maximum Gasteiger partial charge on any atom is 0.390 e. The summed E-state index contributed by atoms with van der Waals surface area (Å²) in [6.07, 6.45) is -5.09. The van der Waals surface area contributed by atoms with Crippen molar-refractivity contribution in [2.45, 2.75) is 25.7 Å². The van der Waals surface area contributed by atoms with Crippen molar-refractivity contribution in [3.63, 3.8) is 0 Å². The Labute approximate surface area is 103 Å². The molecule has 2 N–H and O–H groups in total. The van der Waals surface area contributed by atoms with Crippen molar-refractivity contribution in [3.8, 4) is 0 Å². The number of nitrogens with two attached hydrogens (primary N) is 1. The molecule has 2 nitrogen and oxygen atoms in total. The van der Waals surface area contributed by atoms with Gasteiger partial charge in [-0.05, 0) is 18.7 Å². The highest BCUT2D eigenvalue weighted by atomic mass is 19.4. The lowest BCUT2D eigenvalue weighted by atomic mass is 10.1. The number of hydrogen-bond donors (Lipinski definition) is 1. The third kappa shape index (κ3) is 5.01. The molecule has 0 aliphatic heterocycles. The number of hydrogen-bond acceptors (Lipinski definition) is 2. The minimum absolute atomic E-state index is 0.135. The first-order chi connectivity index (χ1) is 8.31. The van der Waals surface area contributed by atoms with Crippen LogP contribution in [0, 0.1) is 5.82 Å². The Hall–Kier alpha value is -1.14. The van der Waals surface area contributed by atoms with E-state index >= 15 is 0 Å². The van der Waals surface area contributed by atoms with Crippen LogP contribution in [0.25, 0.3) is 0 Å². The minimum atomic E-state index is -4.19. The smallest absolute Gasteiger partial charge is 0.326 e. The van der Waals surface area contributed by atoms with Crippen LogP contribution in [-0.2, 0) is 13.1 Å². The fourth-order valence-electron chi connectivity index (χ4n) is 1.56. The summed E-state index contributed by atoms with van der Waals surface area (Å²) in [6.45, 7) is 0.255.